The van der Waals surface area contributed by atoms with Gasteiger partial charge >= 0.3 is 0 Å². The Labute approximate surface area is 117 Å². The maximum atomic E-state index is 5.88. The Morgan fingerprint density at radius 2 is 2.21 bits per heavy atom. The normalized spacial score (nSPS) is 15.7. The van der Waals surface area contributed by atoms with Crippen molar-refractivity contribution in [1.82, 2.24) is 5.43 Å². The van der Waals surface area contributed by atoms with Crippen molar-refractivity contribution in [2.45, 2.75) is 25.8 Å². The topological polar surface area (TPSA) is 47.3 Å². The van der Waals surface area contributed by atoms with E-state index in [1.54, 1.807) is 11.3 Å². The van der Waals surface area contributed by atoms with Crippen LogP contribution in [0.15, 0.2) is 29.0 Å². The molecule has 2 aromatic rings. The molecule has 1 unspecified atom stereocenters. The summed E-state index contributed by atoms with van der Waals surface area (Å²) in [5.74, 6) is 6.81. The van der Waals surface area contributed by atoms with Gasteiger partial charge in [0.05, 0.1) is 12.6 Å². The second-order valence-corrected chi connectivity index (χ2v) is 5.64. The monoisotopic (exact) mass is 274 g/mol. The zero-order chi connectivity index (χ0) is 13.2. The number of hydrazine groups is 1. The SMILES string of the molecule is Cc1cscc1C(NN)c1cccc2c1OCCC2. The highest BCUT2D eigenvalue weighted by Crippen LogP contribution is 2.36. The van der Waals surface area contributed by atoms with Crippen LogP contribution in [-0.2, 0) is 6.42 Å². The first kappa shape index (κ1) is 12.7. The first-order valence-electron chi connectivity index (χ1n) is 6.54. The van der Waals surface area contributed by atoms with Crippen molar-refractivity contribution in [2.24, 2.45) is 5.84 Å². The Hall–Kier alpha value is -1.36. The molecule has 2 heterocycles. The first-order chi connectivity index (χ1) is 9.31. The number of para-hydroxylation sites is 1. The molecule has 1 aromatic heterocycles. The fraction of sp³-hybridized carbons (Fsp3) is 0.333. The van der Waals surface area contributed by atoms with Crippen LogP contribution in [0.3, 0.4) is 0 Å². The lowest BCUT2D eigenvalue weighted by molar-refractivity contribution is 0.283. The minimum atomic E-state index is -0.000648. The first-order valence-corrected chi connectivity index (χ1v) is 7.49. The number of hydrogen-bond donors (Lipinski definition) is 2. The number of fused-ring (bicyclic) bond motifs is 1. The van der Waals surface area contributed by atoms with Gasteiger partial charge in [0.25, 0.3) is 0 Å². The third-order valence-corrected chi connectivity index (χ3v) is 4.53. The van der Waals surface area contributed by atoms with E-state index in [-0.39, 0.29) is 6.04 Å². The number of nitrogens with two attached hydrogens (primary N) is 1. The van der Waals surface area contributed by atoms with Crippen LogP contribution >= 0.6 is 11.3 Å². The molecule has 19 heavy (non-hydrogen) atoms. The lowest BCUT2D eigenvalue weighted by Gasteiger charge is -2.25. The molecule has 3 N–H and O–H groups in total. The molecule has 1 aromatic carbocycles. The highest BCUT2D eigenvalue weighted by atomic mass is 32.1. The van der Waals surface area contributed by atoms with Crippen molar-refractivity contribution < 1.29 is 4.74 Å². The molecule has 0 radical (unpaired) electrons. The molecular weight excluding hydrogens is 256 g/mol. The summed E-state index contributed by atoms with van der Waals surface area (Å²) in [6, 6.07) is 6.34. The number of ether oxygens (including phenoxy) is 1. The molecule has 3 nitrogen and oxygen atoms in total. The highest BCUT2D eigenvalue weighted by Gasteiger charge is 2.22. The fourth-order valence-electron chi connectivity index (χ4n) is 2.65. The van der Waals surface area contributed by atoms with E-state index in [0.717, 1.165) is 30.8 Å². The Kier molecular flexibility index (Phi) is 3.55. The molecule has 100 valence electrons. The minimum absolute atomic E-state index is 0.000648. The maximum absolute atomic E-state index is 5.88. The molecule has 0 amide bonds. The van der Waals surface area contributed by atoms with E-state index >= 15 is 0 Å². The molecule has 1 aliphatic rings. The Morgan fingerprint density at radius 1 is 1.32 bits per heavy atom. The van der Waals surface area contributed by atoms with Crippen LogP contribution in [0, 0.1) is 6.92 Å². The summed E-state index contributed by atoms with van der Waals surface area (Å²) in [5.41, 5.74) is 7.86. The maximum Gasteiger partial charge on any atom is 0.127 e. The number of thiophene rings is 1. The second-order valence-electron chi connectivity index (χ2n) is 4.90. The molecule has 4 heteroatoms. The van der Waals surface area contributed by atoms with E-state index in [1.807, 2.05) is 0 Å². The number of benzene rings is 1. The van der Waals surface area contributed by atoms with Gasteiger partial charge in [-0.15, -0.1) is 0 Å². The third-order valence-electron chi connectivity index (χ3n) is 3.65. The van der Waals surface area contributed by atoms with Crippen LogP contribution in [0.2, 0.25) is 0 Å². The number of aryl methyl sites for hydroxylation is 2. The molecule has 3 rings (SSSR count). The summed E-state index contributed by atoms with van der Waals surface area (Å²) in [5, 5.41) is 4.30. The Balaban J connectivity index is 2.07. The Bertz CT molecular complexity index is 579. The van der Waals surface area contributed by atoms with Crippen LogP contribution in [0.5, 0.6) is 5.75 Å². The van der Waals surface area contributed by atoms with Gasteiger partial charge in [0.2, 0.25) is 0 Å². The van der Waals surface area contributed by atoms with E-state index in [0.29, 0.717) is 0 Å². The van der Waals surface area contributed by atoms with Gasteiger partial charge in [-0.2, -0.15) is 11.3 Å². The predicted molar refractivity (Wildman–Crippen MR) is 78.5 cm³/mol. The van der Waals surface area contributed by atoms with E-state index in [2.05, 4.69) is 41.3 Å². The highest BCUT2D eigenvalue weighted by molar-refractivity contribution is 7.08. The summed E-state index contributed by atoms with van der Waals surface area (Å²) >= 11 is 1.71. The number of hydrogen-bond acceptors (Lipinski definition) is 4. The van der Waals surface area contributed by atoms with Crippen molar-refractivity contribution in [3.63, 3.8) is 0 Å². The van der Waals surface area contributed by atoms with Crippen LogP contribution in [0.4, 0.5) is 0 Å². The lowest BCUT2D eigenvalue weighted by atomic mass is 9.94. The van der Waals surface area contributed by atoms with E-state index in [4.69, 9.17) is 10.6 Å². The zero-order valence-corrected chi connectivity index (χ0v) is 11.8. The average molecular weight is 274 g/mol. The summed E-state index contributed by atoms with van der Waals surface area (Å²) in [6.07, 6.45) is 2.18. The largest absolute Gasteiger partial charge is 0.493 e. The third kappa shape index (κ3) is 2.27. The van der Waals surface area contributed by atoms with Crippen LogP contribution in [-0.4, -0.2) is 6.61 Å². The summed E-state index contributed by atoms with van der Waals surface area (Å²) in [6.45, 7) is 2.91. The summed E-state index contributed by atoms with van der Waals surface area (Å²) in [4.78, 5) is 0. The average Bonchev–Trinajstić information content (AvgIpc) is 2.86. The summed E-state index contributed by atoms with van der Waals surface area (Å²) < 4.78 is 5.88. The fourth-order valence-corrected chi connectivity index (χ4v) is 3.53. The Morgan fingerprint density at radius 3 is 2.95 bits per heavy atom. The van der Waals surface area contributed by atoms with Crippen LogP contribution < -0.4 is 16.0 Å². The van der Waals surface area contributed by atoms with Gasteiger partial charge < -0.3 is 4.74 Å². The molecule has 0 saturated heterocycles. The van der Waals surface area contributed by atoms with Crippen molar-refractivity contribution >= 4 is 11.3 Å². The molecule has 0 bridgehead atoms. The molecule has 0 aliphatic carbocycles. The van der Waals surface area contributed by atoms with Gasteiger partial charge in [-0.25, -0.2) is 5.43 Å². The molecule has 0 spiro atoms. The number of nitrogens with one attached hydrogen (secondary N) is 1. The molecule has 1 atom stereocenters. The molecule has 1 aliphatic heterocycles. The smallest absolute Gasteiger partial charge is 0.127 e. The lowest BCUT2D eigenvalue weighted by Crippen LogP contribution is -2.30. The van der Waals surface area contributed by atoms with Gasteiger partial charge in [0, 0.05) is 5.56 Å². The van der Waals surface area contributed by atoms with Gasteiger partial charge in [0.15, 0.2) is 0 Å². The van der Waals surface area contributed by atoms with Crippen molar-refractivity contribution in [2.75, 3.05) is 6.61 Å². The molecular formula is C15H18N2OS. The van der Waals surface area contributed by atoms with E-state index in [1.165, 1.54) is 16.7 Å². The standard InChI is InChI=1S/C15H18N2OS/c1-10-8-19-9-13(10)14(17-16)12-6-2-4-11-5-3-7-18-15(11)12/h2,4,6,8-9,14,17H,3,5,7,16H2,1H3. The quantitative estimate of drug-likeness (QED) is 0.668. The van der Waals surface area contributed by atoms with Crippen molar-refractivity contribution in [3.8, 4) is 5.75 Å². The molecule has 0 saturated carbocycles. The molecule has 0 fully saturated rings. The van der Waals surface area contributed by atoms with Gasteiger partial charge in [0.1, 0.15) is 5.75 Å². The van der Waals surface area contributed by atoms with Gasteiger partial charge in [-0.05, 0) is 47.2 Å². The van der Waals surface area contributed by atoms with Crippen molar-refractivity contribution in [1.29, 1.82) is 0 Å². The second kappa shape index (κ2) is 5.33. The minimum Gasteiger partial charge on any atom is -0.493 e. The summed E-state index contributed by atoms with van der Waals surface area (Å²) in [7, 11) is 0. The zero-order valence-electron chi connectivity index (χ0n) is 11.0. The van der Waals surface area contributed by atoms with Crippen LogP contribution in [0.25, 0.3) is 0 Å². The predicted octanol–water partition coefficient (Wildman–Crippen LogP) is 2.93. The van der Waals surface area contributed by atoms with E-state index < -0.39 is 0 Å². The van der Waals surface area contributed by atoms with Gasteiger partial charge in [-0.1, -0.05) is 18.2 Å². The van der Waals surface area contributed by atoms with Crippen LogP contribution in [0.1, 0.15) is 34.7 Å². The van der Waals surface area contributed by atoms with E-state index in [9.17, 15) is 0 Å². The van der Waals surface area contributed by atoms with Crippen molar-refractivity contribution in [3.05, 3.63) is 51.2 Å². The van der Waals surface area contributed by atoms with Gasteiger partial charge in [-0.3, -0.25) is 5.84 Å². The number of rotatable bonds is 3.